The summed E-state index contributed by atoms with van der Waals surface area (Å²) in [5.41, 5.74) is 4.63. The van der Waals surface area contributed by atoms with Gasteiger partial charge in [-0.25, -0.2) is 4.79 Å². The van der Waals surface area contributed by atoms with Crippen LogP contribution in [0.15, 0.2) is 90.5 Å². The van der Waals surface area contributed by atoms with Crippen molar-refractivity contribution in [2.75, 3.05) is 19.7 Å². The predicted molar refractivity (Wildman–Crippen MR) is 180 cm³/mol. The van der Waals surface area contributed by atoms with Crippen molar-refractivity contribution in [3.05, 3.63) is 118 Å². The minimum absolute atomic E-state index is 0.111. The zero-order valence-electron chi connectivity index (χ0n) is 27.1. The normalized spacial score (nSPS) is 23.7. The summed E-state index contributed by atoms with van der Waals surface area (Å²) in [6.07, 6.45) is 6.46. The highest BCUT2D eigenvalue weighted by Gasteiger charge is 2.55. The fraction of sp³-hybridized carbons (Fsp3) is 0.359. The van der Waals surface area contributed by atoms with E-state index in [-0.39, 0.29) is 37.1 Å². The van der Waals surface area contributed by atoms with Crippen LogP contribution in [0.4, 0.5) is 0 Å². The second-order valence-corrected chi connectivity index (χ2v) is 13.1. The number of para-hydroxylation sites is 1. The van der Waals surface area contributed by atoms with Crippen LogP contribution in [0.1, 0.15) is 51.9 Å². The zero-order valence-corrected chi connectivity index (χ0v) is 27.1. The average Bonchev–Trinajstić information content (AvgIpc) is 3.84. The highest BCUT2D eigenvalue weighted by molar-refractivity contribution is 5.98. The zero-order chi connectivity index (χ0) is 34.0. The minimum atomic E-state index is -0.934. The molecule has 0 aromatic heterocycles. The molecule has 0 bridgehead atoms. The Morgan fingerprint density at radius 2 is 1.78 bits per heavy atom. The van der Waals surface area contributed by atoms with E-state index < -0.39 is 36.1 Å². The fourth-order valence-electron chi connectivity index (χ4n) is 7.40. The summed E-state index contributed by atoms with van der Waals surface area (Å²) in [5, 5.41) is 21.9. The first-order valence-corrected chi connectivity index (χ1v) is 16.9. The van der Waals surface area contributed by atoms with Crippen LogP contribution in [0.3, 0.4) is 0 Å². The standard InChI is InChI=1S/C39H40N2O8/c42-19-17-40-36(44)31-15-7-18-41(31)37(45)30-21-33(35-34(22-30)48-39(49-35)23-28-11-1-2-12-29(28)24-39)47-38(46)27-14-6-9-25(20-27)8-5-13-26-10-3-4-16-32(26)43/h1-6,8-12,14,16,20,22,31,33-35,42-43H,7,13,15,17-19,21,23-24H2,(H,40,44). The lowest BCUT2D eigenvalue weighted by atomic mass is 9.91. The van der Waals surface area contributed by atoms with Gasteiger partial charge in [0.15, 0.2) is 5.79 Å². The van der Waals surface area contributed by atoms with Crippen LogP contribution in [0.25, 0.3) is 6.08 Å². The Labute approximate surface area is 285 Å². The number of rotatable bonds is 9. The number of likely N-dealkylation sites (tertiary alicyclic amines) is 1. The van der Waals surface area contributed by atoms with Crippen LogP contribution in [-0.2, 0) is 43.1 Å². The fourth-order valence-corrected chi connectivity index (χ4v) is 7.40. The molecule has 0 saturated carbocycles. The Hall–Kier alpha value is -4.77. The molecule has 0 radical (unpaired) electrons. The van der Waals surface area contributed by atoms with E-state index in [1.54, 1.807) is 41.3 Å². The smallest absolute Gasteiger partial charge is 0.338 e. The van der Waals surface area contributed by atoms with Crippen molar-refractivity contribution < 1.29 is 38.8 Å². The number of phenolic OH excluding ortho intramolecular Hbond substituents is 1. The highest BCUT2D eigenvalue weighted by Crippen LogP contribution is 2.45. The molecule has 3 aromatic rings. The van der Waals surface area contributed by atoms with Gasteiger partial charge in [-0.15, -0.1) is 0 Å². The number of allylic oxidation sites excluding steroid dienone is 1. The Balaban J connectivity index is 1.11. The van der Waals surface area contributed by atoms with Crippen molar-refractivity contribution in [1.82, 2.24) is 10.2 Å². The topological polar surface area (TPSA) is 135 Å². The number of amides is 2. The van der Waals surface area contributed by atoms with Gasteiger partial charge in [-0.05, 0) is 65.8 Å². The monoisotopic (exact) mass is 664 g/mol. The molecule has 1 spiro atoms. The molecule has 2 amide bonds. The number of carbonyl (C=O) groups is 3. The summed E-state index contributed by atoms with van der Waals surface area (Å²) in [7, 11) is 0. The van der Waals surface area contributed by atoms with E-state index in [9.17, 15) is 24.6 Å². The number of phenols is 1. The molecule has 10 heteroatoms. The third kappa shape index (κ3) is 6.90. The van der Waals surface area contributed by atoms with Crippen molar-refractivity contribution >= 4 is 23.9 Å². The molecule has 2 saturated heterocycles. The number of nitrogens with zero attached hydrogens (tertiary/aromatic N) is 1. The van der Waals surface area contributed by atoms with Gasteiger partial charge in [0.1, 0.15) is 30.1 Å². The largest absolute Gasteiger partial charge is 0.508 e. The summed E-state index contributed by atoms with van der Waals surface area (Å²) < 4.78 is 19.4. The van der Waals surface area contributed by atoms with E-state index in [0.717, 1.165) is 22.3 Å². The molecule has 2 aliphatic carbocycles. The second-order valence-electron chi connectivity index (χ2n) is 13.1. The molecular formula is C39H40N2O8. The number of fused-ring (bicyclic) bond motifs is 2. The van der Waals surface area contributed by atoms with Gasteiger partial charge in [0, 0.05) is 37.9 Å². The van der Waals surface area contributed by atoms with Crippen molar-refractivity contribution in [1.29, 1.82) is 0 Å². The van der Waals surface area contributed by atoms with E-state index in [0.29, 0.717) is 49.8 Å². The van der Waals surface area contributed by atoms with Crippen molar-refractivity contribution in [3.8, 4) is 5.75 Å². The van der Waals surface area contributed by atoms with Gasteiger partial charge in [0.05, 0.1) is 12.2 Å². The first-order valence-electron chi connectivity index (χ1n) is 16.9. The molecule has 4 aliphatic rings. The molecule has 2 fully saturated rings. The molecule has 2 aliphatic heterocycles. The highest BCUT2D eigenvalue weighted by atomic mass is 16.8. The van der Waals surface area contributed by atoms with E-state index in [2.05, 4.69) is 17.4 Å². The number of hydrogen-bond acceptors (Lipinski definition) is 8. The summed E-state index contributed by atoms with van der Waals surface area (Å²) in [5.74, 6) is -1.84. The molecule has 7 rings (SSSR count). The van der Waals surface area contributed by atoms with Crippen LogP contribution in [0.5, 0.6) is 5.75 Å². The summed E-state index contributed by atoms with van der Waals surface area (Å²) in [6, 6.07) is 21.7. The molecular weight excluding hydrogens is 624 g/mol. The Bertz CT molecular complexity index is 1780. The molecule has 3 aromatic carbocycles. The molecule has 3 N–H and O–H groups in total. The van der Waals surface area contributed by atoms with Gasteiger partial charge in [0.2, 0.25) is 11.8 Å². The SMILES string of the molecule is O=C(OC1CC(C(=O)N2CCCC2C(=O)NCCO)=CC2OC3(Cc4ccccc4C3)OC21)c1cccc(C=CCc2ccccc2O)c1. The lowest BCUT2D eigenvalue weighted by molar-refractivity contribution is -0.172. The number of nitrogens with one attached hydrogen (secondary N) is 1. The third-order valence-corrected chi connectivity index (χ3v) is 9.74. The maximum absolute atomic E-state index is 14.0. The Kier molecular flexibility index (Phi) is 9.35. The molecule has 2 heterocycles. The number of aliphatic hydroxyl groups excluding tert-OH is 1. The van der Waals surface area contributed by atoms with Crippen LogP contribution in [-0.4, -0.2) is 82.7 Å². The number of esters is 1. The lowest BCUT2D eigenvalue weighted by Crippen LogP contribution is -2.49. The second kappa shape index (κ2) is 14.0. The average molecular weight is 665 g/mol. The summed E-state index contributed by atoms with van der Waals surface area (Å²) >= 11 is 0. The Morgan fingerprint density at radius 1 is 1.00 bits per heavy atom. The van der Waals surface area contributed by atoms with Gasteiger partial charge >= 0.3 is 5.97 Å². The predicted octanol–water partition coefficient (Wildman–Crippen LogP) is 3.88. The molecule has 254 valence electrons. The number of ether oxygens (including phenoxy) is 3. The molecule has 4 unspecified atom stereocenters. The van der Waals surface area contributed by atoms with Crippen molar-refractivity contribution in [2.45, 2.75) is 68.7 Å². The van der Waals surface area contributed by atoms with Crippen LogP contribution >= 0.6 is 0 Å². The Morgan fingerprint density at radius 3 is 2.55 bits per heavy atom. The molecule has 10 nitrogen and oxygen atoms in total. The van der Waals surface area contributed by atoms with E-state index >= 15 is 0 Å². The lowest BCUT2D eigenvalue weighted by Gasteiger charge is -2.32. The maximum Gasteiger partial charge on any atom is 0.338 e. The van der Waals surface area contributed by atoms with Gasteiger partial charge in [-0.1, -0.05) is 66.7 Å². The van der Waals surface area contributed by atoms with Gasteiger partial charge < -0.3 is 34.6 Å². The van der Waals surface area contributed by atoms with Gasteiger partial charge in [-0.2, -0.15) is 0 Å². The molecule has 4 atom stereocenters. The quantitative estimate of drug-likeness (QED) is 0.294. The summed E-state index contributed by atoms with van der Waals surface area (Å²) in [6.45, 7) is 0.353. The first kappa shape index (κ1) is 32.8. The minimum Gasteiger partial charge on any atom is -0.508 e. The number of benzene rings is 3. The van der Waals surface area contributed by atoms with Crippen LogP contribution < -0.4 is 5.32 Å². The van der Waals surface area contributed by atoms with Crippen molar-refractivity contribution in [3.63, 3.8) is 0 Å². The van der Waals surface area contributed by atoms with E-state index in [1.165, 1.54) is 0 Å². The number of hydrogen-bond donors (Lipinski definition) is 3. The number of aliphatic hydroxyl groups is 1. The van der Waals surface area contributed by atoms with Crippen molar-refractivity contribution in [2.24, 2.45) is 0 Å². The maximum atomic E-state index is 14.0. The first-order chi connectivity index (χ1) is 23.8. The molecule has 49 heavy (non-hydrogen) atoms. The van der Waals surface area contributed by atoms with Crippen LogP contribution in [0.2, 0.25) is 0 Å². The van der Waals surface area contributed by atoms with Crippen LogP contribution in [0, 0.1) is 0 Å². The summed E-state index contributed by atoms with van der Waals surface area (Å²) in [4.78, 5) is 42.1. The third-order valence-electron chi connectivity index (χ3n) is 9.74. The van der Waals surface area contributed by atoms with Gasteiger partial charge in [0.25, 0.3) is 0 Å². The van der Waals surface area contributed by atoms with Gasteiger partial charge in [-0.3, -0.25) is 9.59 Å². The van der Waals surface area contributed by atoms with E-state index in [1.807, 2.05) is 42.5 Å². The number of carbonyl (C=O) groups excluding carboxylic acids is 3. The number of aromatic hydroxyl groups is 1. The van der Waals surface area contributed by atoms with E-state index in [4.69, 9.17) is 14.2 Å².